The number of hydrogen-bond donors (Lipinski definition) is 0. The Hall–Kier alpha value is -2.61. The Morgan fingerprint density at radius 1 is 0.760 bits per heavy atom. The fraction of sp³-hybridized carbons (Fsp3) is 0.0455. The topological polar surface area (TPSA) is 17.8 Å². The number of rotatable bonds is 4. The SMILES string of the molecule is Cc1ccc(-c2c([Se]c3ccccc3)cnn2-c2ccccc2)cc1. The molecule has 0 saturated carbocycles. The fourth-order valence-electron chi connectivity index (χ4n) is 2.76. The van der Waals surface area contributed by atoms with Crippen LogP contribution in [-0.2, 0) is 0 Å². The summed E-state index contributed by atoms with van der Waals surface area (Å²) < 4.78 is 4.72. The Balaban J connectivity index is 1.84. The number of benzene rings is 3. The van der Waals surface area contributed by atoms with E-state index in [1.807, 2.05) is 12.3 Å². The summed E-state index contributed by atoms with van der Waals surface area (Å²) in [7, 11) is 0. The molecule has 0 atom stereocenters. The summed E-state index contributed by atoms with van der Waals surface area (Å²) >= 11 is 0.217. The van der Waals surface area contributed by atoms with Gasteiger partial charge in [0.1, 0.15) is 0 Å². The van der Waals surface area contributed by atoms with E-state index in [0.717, 1.165) is 5.69 Å². The summed E-state index contributed by atoms with van der Waals surface area (Å²) in [5.74, 6) is 0. The van der Waals surface area contributed by atoms with Gasteiger partial charge in [-0.25, -0.2) is 0 Å². The van der Waals surface area contributed by atoms with Crippen molar-refractivity contribution in [1.29, 1.82) is 0 Å². The third kappa shape index (κ3) is 3.43. The standard InChI is InChI=1S/C22H18N2Se/c1-17-12-14-18(15-13-17)22-21(25-20-10-6-3-7-11-20)16-23-24(22)19-8-4-2-5-9-19/h2-16H,1H3. The van der Waals surface area contributed by atoms with Gasteiger partial charge in [-0.15, -0.1) is 0 Å². The van der Waals surface area contributed by atoms with Crippen molar-refractivity contribution in [1.82, 2.24) is 9.78 Å². The van der Waals surface area contributed by atoms with Gasteiger partial charge in [-0.1, -0.05) is 0 Å². The second kappa shape index (κ2) is 7.10. The first kappa shape index (κ1) is 15.9. The second-order valence-corrected chi connectivity index (χ2v) is 8.23. The van der Waals surface area contributed by atoms with E-state index in [4.69, 9.17) is 5.10 Å². The second-order valence-electron chi connectivity index (χ2n) is 5.89. The van der Waals surface area contributed by atoms with Crippen LogP contribution in [0.1, 0.15) is 5.56 Å². The summed E-state index contributed by atoms with van der Waals surface area (Å²) in [5.41, 5.74) is 4.76. The van der Waals surface area contributed by atoms with E-state index in [0.29, 0.717) is 0 Å². The molecule has 0 aliphatic rings. The molecule has 0 aliphatic heterocycles. The average Bonchev–Trinajstić information content (AvgIpc) is 3.07. The summed E-state index contributed by atoms with van der Waals surface area (Å²) in [6, 6.07) is 29.7. The molecule has 4 rings (SSSR count). The van der Waals surface area contributed by atoms with Gasteiger partial charge in [-0.3, -0.25) is 0 Å². The molecule has 3 aromatic carbocycles. The fourth-order valence-corrected chi connectivity index (χ4v) is 4.75. The Labute approximate surface area is 154 Å². The Bertz CT molecular complexity index is 958. The number of aryl methyl sites for hydroxylation is 1. The molecule has 25 heavy (non-hydrogen) atoms. The van der Waals surface area contributed by atoms with Crippen LogP contribution in [-0.4, -0.2) is 24.7 Å². The van der Waals surface area contributed by atoms with Crippen molar-refractivity contribution in [3.8, 4) is 16.9 Å². The van der Waals surface area contributed by atoms with Gasteiger partial charge >= 0.3 is 154 Å². The monoisotopic (exact) mass is 390 g/mol. The van der Waals surface area contributed by atoms with Gasteiger partial charge in [0.15, 0.2) is 0 Å². The molecule has 1 heterocycles. The zero-order valence-corrected chi connectivity index (χ0v) is 15.7. The van der Waals surface area contributed by atoms with Crippen molar-refractivity contribution in [3.05, 3.63) is 96.7 Å². The predicted octanol–water partition coefficient (Wildman–Crippen LogP) is 3.50. The molecular weight excluding hydrogens is 371 g/mol. The van der Waals surface area contributed by atoms with E-state index in [-0.39, 0.29) is 15.0 Å². The minimum absolute atomic E-state index is 0.217. The van der Waals surface area contributed by atoms with Crippen LogP contribution in [0.25, 0.3) is 16.9 Å². The van der Waals surface area contributed by atoms with Crippen LogP contribution in [0.3, 0.4) is 0 Å². The van der Waals surface area contributed by atoms with Crippen LogP contribution in [0, 0.1) is 6.92 Å². The van der Waals surface area contributed by atoms with Crippen LogP contribution < -0.4 is 8.92 Å². The first-order valence-corrected chi connectivity index (χ1v) is 9.96. The van der Waals surface area contributed by atoms with E-state index >= 15 is 0 Å². The van der Waals surface area contributed by atoms with Crippen molar-refractivity contribution < 1.29 is 0 Å². The molecule has 3 heteroatoms. The minimum atomic E-state index is 0.217. The molecule has 0 N–H and O–H groups in total. The molecule has 0 bridgehead atoms. The summed E-state index contributed by atoms with van der Waals surface area (Å²) in [4.78, 5) is 0. The van der Waals surface area contributed by atoms with E-state index in [9.17, 15) is 0 Å². The van der Waals surface area contributed by atoms with E-state index < -0.39 is 0 Å². The van der Waals surface area contributed by atoms with Crippen LogP contribution in [0.4, 0.5) is 0 Å². The molecule has 0 radical (unpaired) electrons. The van der Waals surface area contributed by atoms with Crippen LogP contribution in [0.2, 0.25) is 0 Å². The first-order valence-electron chi connectivity index (χ1n) is 8.25. The molecule has 2 nitrogen and oxygen atoms in total. The molecule has 0 spiro atoms. The Morgan fingerprint density at radius 3 is 2.08 bits per heavy atom. The third-order valence-electron chi connectivity index (χ3n) is 4.03. The van der Waals surface area contributed by atoms with Crippen molar-refractivity contribution in [2.24, 2.45) is 0 Å². The molecule has 1 aromatic heterocycles. The Morgan fingerprint density at radius 2 is 1.40 bits per heavy atom. The zero-order valence-electron chi connectivity index (χ0n) is 14.0. The van der Waals surface area contributed by atoms with E-state index in [1.165, 1.54) is 25.7 Å². The zero-order chi connectivity index (χ0) is 17.1. The molecule has 0 fully saturated rings. The number of nitrogens with zero attached hydrogens (tertiary/aromatic N) is 2. The number of hydrogen-bond acceptors (Lipinski definition) is 1. The quantitative estimate of drug-likeness (QED) is 0.489. The number of aromatic nitrogens is 2. The van der Waals surface area contributed by atoms with E-state index in [1.54, 1.807) is 0 Å². The van der Waals surface area contributed by atoms with Gasteiger partial charge < -0.3 is 0 Å². The van der Waals surface area contributed by atoms with Crippen molar-refractivity contribution in [2.75, 3.05) is 0 Å². The molecule has 0 saturated heterocycles. The van der Waals surface area contributed by atoms with E-state index in [2.05, 4.69) is 90.5 Å². The van der Waals surface area contributed by atoms with Crippen molar-refractivity contribution in [2.45, 2.75) is 6.92 Å². The van der Waals surface area contributed by atoms with Crippen molar-refractivity contribution in [3.63, 3.8) is 0 Å². The molecular formula is C22H18N2Se. The summed E-state index contributed by atoms with van der Waals surface area (Å²) in [5, 5.41) is 4.71. The summed E-state index contributed by atoms with van der Waals surface area (Å²) in [6.45, 7) is 2.12. The van der Waals surface area contributed by atoms with Gasteiger partial charge in [-0.05, 0) is 0 Å². The van der Waals surface area contributed by atoms with Crippen LogP contribution >= 0.6 is 0 Å². The maximum atomic E-state index is 4.71. The Kier molecular flexibility index (Phi) is 4.51. The van der Waals surface area contributed by atoms with Crippen LogP contribution in [0.5, 0.6) is 0 Å². The molecule has 0 unspecified atom stereocenters. The third-order valence-corrected chi connectivity index (χ3v) is 6.19. The normalized spacial score (nSPS) is 10.8. The molecule has 0 amide bonds. The van der Waals surface area contributed by atoms with Crippen LogP contribution in [0.15, 0.2) is 91.1 Å². The van der Waals surface area contributed by atoms with Gasteiger partial charge in [-0.2, -0.15) is 0 Å². The predicted molar refractivity (Wildman–Crippen MR) is 105 cm³/mol. The molecule has 0 aliphatic carbocycles. The number of para-hydroxylation sites is 1. The summed E-state index contributed by atoms with van der Waals surface area (Å²) in [6.07, 6.45) is 2.02. The van der Waals surface area contributed by atoms with Gasteiger partial charge in [0, 0.05) is 0 Å². The van der Waals surface area contributed by atoms with Gasteiger partial charge in [0.25, 0.3) is 0 Å². The average molecular weight is 389 g/mol. The van der Waals surface area contributed by atoms with Gasteiger partial charge in [0.2, 0.25) is 0 Å². The van der Waals surface area contributed by atoms with Gasteiger partial charge in [0.05, 0.1) is 0 Å². The van der Waals surface area contributed by atoms with Crippen molar-refractivity contribution >= 4 is 23.9 Å². The molecule has 4 aromatic rings. The maximum absolute atomic E-state index is 4.71. The molecule has 122 valence electrons. The first-order chi connectivity index (χ1) is 12.3.